The molecule has 1 aromatic heterocycles. The lowest BCUT2D eigenvalue weighted by Crippen LogP contribution is -2.36. The molecule has 0 spiro atoms. The Morgan fingerprint density at radius 2 is 1.74 bits per heavy atom. The van der Waals surface area contributed by atoms with Gasteiger partial charge < -0.3 is 5.32 Å². The van der Waals surface area contributed by atoms with Crippen molar-refractivity contribution >= 4 is 29.0 Å². The predicted octanol–water partition coefficient (Wildman–Crippen LogP) is 4.63. The lowest BCUT2D eigenvalue weighted by Gasteiger charge is -2.29. The number of benzene rings is 2. The molecular weight excluding hydrogens is 322 g/mol. The normalized spacial score (nSPS) is 19.4. The Morgan fingerprint density at radius 3 is 2.52 bits per heavy atom. The zero-order chi connectivity index (χ0) is 15.7. The summed E-state index contributed by atoms with van der Waals surface area (Å²) in [5.74, 6) is 0.849. The molecule has 23 heavy (non-hydrogen) atoms. The summed E-state index contributed by atoms with van der Waals surface area (Å²) in [7, 11) is 0. The molecule has 3 aromatic rings. The van der Waals surface area contributed by atoms with E-state index in [0.29, 0.717) is 0 Å². The summed E-state index contributed by atoms with van der Waals surface area (Å²) >= 11 is 3.45. The van der Waals surface area contributed by atoms with E-state index in [1.54, 1.807) is 23.1 Å². The number of hydrogen-bond acceptors (Lipinski definition) is 3. The molecule has 1 atom stereocenters. The van der Waals surface area contributed by atoms with Crippen molar-refractivity contribution in [3.05, 3.63) is 93.7 Å². The topological polar surface area (TPSA) is 29.1 Å². The van der Waals surface area contributed by atoms with E-state index in [0.717, 1.165) is 21.8 Å². The Bertz CT molecular complexity index is 830. The van der Waals surface area contributed by atoms with E-state index in [-0.39, 0.29) is 5.91 Å². The smallest absolute Gasteiger partial charge is 0.253 e. The van der Waals surface area contributed by atoms with Crippen LogP contribution in [0.3, 0.4) is 0 Å². The van der Waals surface area contributed by atoms with Crippen molar-refractivity contribution in [1.82, 2.24) is 5.32 Å². The Labute approximate surface area is 143 Å². The minimum absolute atomic E-state index is 0.00885. The van der Waals surface area contributed by atoms with Crippen LogP contribution in [0.15, 0.2) is 72.1 Å². The van der Waals surface area contributed by atoms with Crippen molar-refractivity contribution in [3.8, 4) is 0 Å². The van der Waals surface area contributed by atoms with Crippen LogP contribution in [0.1, 0.15) is 26.4 Å². The van der Waals surface area contributed by atoms with Gasteiger partial charge in [0.25, 0.3) is 5.91 Å². The third kappa shape index (κ3) is 2.48. The molecule has 0 saturated carbocycles. The van der Waals surface area contributed by atoms with Crippen LogP contribution >= 0.6 is 23.1 Å². The Hall–Kier alpha value is -2.04. The van der Waals surface area contributed by atoms with Gasteiger partial charge in [0.2, 0.25) is 0 Å². The van der Waals surface area contributed by atoms with Gasteiger partial charge in [-0.25, -0.2) is 0 Å². The van der Waals surface area contributed by atoms with E-state index in [2.05, 4.69) is 47.1 Å². The number of thiophene rings is 1. The molecule has 114 valence electrons. The highest BCUT2D eigenvalue weighted by Gasteiger charge is 2.45. The summed E-state index contributed by atoms with van der Waals surface area (Å²) in [6, 6.07) is 22.4. The lowest BCUT2D eigenvalue weighted by molar-refractivity contribution is 0.0956. The summed E-state index contributed by atoms with van der Waals surface area (Å²) in [4.78, 5) is 13.1. The van der Waals surface area contributed by atoms with Gasteiger partial charge in [0.1, 0.15) is 4.87 Å². The molecule has 0 fully saturated rings. The summed E-state index contributed by atoms with van der Waals surface area (Å²) in [6.07, 6.45) is 0. The van der Waals surface area contributed by atoms with Gasteiger partial charge in [-0.1, -0.05) is 54.6 Å². The monoisotopic (exact) mass is 337 g/mol. The third-order valence-electron chi connectivity index (χ3n) is 4.01. The van der Waals surface area contributed by atoms with Gasteiger partial charge in [0.05, 0.1) is 0 Å². The fourth-order valence-corrected chi connectivity index (χ4v) is 5.30. The van der Waals surface area contributed by atoms with E-state index >= 15 is 0 Å². The van der Waals surface area contributed by atoms with Crippen LogP contribution in [0.25, 0.3) is 0 Å². The highest BCUT2D eigenvalue weighted by molar-refractivity contribution is 7.99. The van der Waals surface area contributed by atoms with Crippen molar-refractivity contribution in [2.75, 3.05) is 0 Å². The molecule has 0 radical (unpaired) electrons. The first kappa shape index (κ1) is 14.5. The number of nitrogens with one attached hydrogen (secondary N) is 1. The molecule has 1 aliphatic heterocycles. The number of thioether (sulfide) groups is 1. The molecule has 2 heterocycles. The second-order valence-electron chi connectivity index (χ2n) is 5.43. The van der Waals surface area contributed by atoms with Gasteiger partial charge in [-0.15, -0.1) is 23.1 Å². The van der Waals surface area contributed by atoms with Gasteiger partial charge in [-0.2, -0.15) is 0 Å². The molecule has 4 rings (SSSR count). The van der Waals surface area contributed by atoms with Crippen LogP contribution in [0.5, 0.6) is 0 Å². The number of rotatable bonds is 4. The van der Waals surface area contributed by atoms with E-state index in [9.17, 15) is 4.79 Å². The lowest BCUT2D eigenvalue weighted by atomic mass is 10.0. The summed E-state index contributed by atoms with van der Waals surface area (Å²) in [6.45, 7) is 0. The number of carbonyl (C=O) groups is 1. The molecule has 0 saturated heterocycles. The highest BCUT2D eigenvalue weighted by Crippen LogP contribution is 2.48. The van der Waals surface area contributed by atoms with E-state index in [1.165, 1.54) is 5.56 Å². The van der Waals surface area contributed by atoms with Crippen LogP contribution < -0.4 is 5.32 Å². The molecule has 4 heteroatoms. The van der Waals surface area contributed by atoms with Gasteiger partial charge in [-0.3, -0.25) is 4.79 Å². The van der Waals surface area contributed by atoms with Crippen LogP contribution in [-0.4, -0.2) is 5.91 Å². The SMILES string of the molecule is O=C1N[C@@](SCc2ccccc2)(c2cccs2)c2ccccc21. The molecule has 0 aliphatic carbocycles. The van der Waals surface area contributed by atoms with Gasteiger partial charge in [0.15, 0.2) is 0 Å². The number of fused-ring (bicyclic) bond motifs is 1. The van der Waals surface area contributed by atoms with Crippen molar-refractivity contribution in [2.24, 2.45) is 0 Å². The first-order valence-corrected chi connectivity index (χ1v) is 9.30. The summed E-state index contributed by atoms with van der Waals surface area (Å²) < 4.78 is 0. The molecule has 1 aliphatic rings. The van der Waals surface area contributed by atoms with Crippen LogP contribution in [-0.2, 0) is 10.6 Å². The largest absolute Gasteiger partial charge is 0.329 e. The Morgan fingerprint density at radius 1 is 0.957 bits per heavy atom. The first-order valence-electron chi connectivity index (χ1n) is 7.43. The second-order valence-corrected chi connectivity index (χ2v) is 7.57. The quantitative estimate of drug-likeness (QED) is 0.752. The summed E-state index contributed by atoms with van der Waals surface area (Å²) in [5, 5.41) is 5.30. The third-order valence-corrected chi connectivity index (χ3v) is 6.58. The van der Waals surface area contributed by atoms with E-state index in [1.807, 2.05) is 30.3 Å². The first-order chi connectivity index (χ1) is 11.3. The van der Waals surface area contributed by atoms with Crippen molar-refractivity contribution in [3.63, 3.8) is 0 Å². The Kier molecular flexibility index (Phi) is 3.71. The zero-order valence-corrected chi connectivity index (χ0v) is 14.0. The van der Waals surface area contributed by atoms with Crippen molar-refractivity contribution in [2.45, 2.75) is 10.6 Å². The molecule has 0 bridgehead atoms. The number of carbonyl (C=O) groups excluding carboxylic acids is 1. The standard InChI is InChI=1S/C19H15NOS2/c21-18-15-9-4-5-10-16(15)19(20-18,17-11-6-12-22-17)23-13-14-7-2-1-3-8-14/h1-12H,13H2,(H,20,21)/t19-/m0/s1. The maximum absolute atomic E-state index is 12.5. The molecular formula is C19H15NOS2. The fourth-order valence-electron chi connectivity index (χ4n) is 2.91. The fraction of sp³-hybridized carbons (Fsp3) is 0.105. The highest BCUT2D eigenvalue weighted by atomic mass is 32.2. The number of amides is 1. The van der Waals surface area contributed by atoms with E-state index in [4.69, 9.17) is 0 Å². The second kappa shape index (κ2) is 5.87. The Balaban J connectivity index is 1.77. The zero-order valence-electron chi connectivity index (χ0n) is 12.4. The van der Waals surface area contributed by atoms with Gasteiger partial charge in [-0.05, 0) is 23.1 Å². The van der Waals surface area contributed by atoms with Gasteiger partial charge in [0, 0.05) is 21.8 Å². The molecule has 1 amide bonds. The maximum atomic E-state index is 12.5. The number of hydrogen-bond donors (Lipinski definition) is 1. The van der Waals surface area contributed by atoms with Gasteiger partial charge >= 0.3 is 0 Å². The predicted molar refractivity (Wildman–Crippen MR) is 96.7 cm³/mol. The van der Waals surface area contributed by atoms with Crippen LogP contribution in [0.2, 0.25) is 0 Å². The minimum Gasteiger partial charge on any atom is -0.329 e. The molecule has 0 unspecified atom stereocenters. The average Bonchev–Trinajstić information content (AvgIpc) is 3.22. The van der Waals surface area contributed by atoms with E-state index < -0.39 is 4.87 Å². The maximum Gasteiger partial charge on any atom is 0.253 e. The van der Waals surface area contributed by atoms with Crippen LogP contribution in [0, 0.1) is 0 Å². The molecule has 2 nitrogen and oxygen atoms in total. The minimum atomic E-state index is -0.488. The van der Waals surface area contributed by atoms with Crippen molar-refractivity contribution in [1.29, 1.82) is 0 Å². The molecule has 2 aromatic carbocycles. The average molecular weight is 337 g/mol. The van der Waals surface area contributed by atoms with Crippen LogP contribution in [0.4, 0.5) is 0 Å². The van der Waals surface area contributed by atoms with Crippen molar-refractivity contribution < 1.29 is 4.79 Å². The summed E-state index contributed by atoms with van der Waals surface area (Å²) in [5.41, 5.74) is 3.10. The molecule has 1 N–H and O–H groups in total.